The van der Waals surface area contributed by atoms with E-state index in [0.29, 0.717) is 41.1 Å². The van der Waals surface area contributed by atoms with Gasteiger partial charge in [0, 0.05) is 16.6 Å². The molecule has 6 nitrogen and oxygen atoms in total. The number of nitrogens with zero attached hydrogens (tertiary/aromatic N) is 2. The molecule has 0 aliphatic heterocycles. The van der Waals surface area contributed by atoms with E-state index >= 15 is 0 Å². The zero-order valence-corrected chi connectivity index (χ0v) is 15.2. The number of anilines is 1. The first-order valence-electron chi connectivity index (χ1n) is 7.92. The molecule has 0 saturated carbocycles. The maximum atomic E-state index is 12.0. The fraction of sp³-hybridized carbons (Fsp3) is 0.167. The molecule has 0 unspecified atom stereocenters. The zero-order chi connectivity index (χ0) is 18.4. The normalized spacial score (nSPS) is 10.5. The van der Waals surface area contributed by atoms with Gasteiger partial charge in [0.2, 0.25) is 0 Å². The summed E-state index contributed by atoms with van der Waals surface area (Å²) in [6.45, 7) is 0.926. The number of hydrogen-bond acceptors (Lipinski definition) is 5. The van der Waals surface area contributed by atoms with E-state index in [0.717, 1.165) is 5.56 Å². The van der Waals surface area contributed by atoms with Crippen LogP contribution in [-0.4, -0.2) is 22.4 Å². The van der Waals surface area contributed by atoms with Crippen molar-refractivity contribution in [3.05, 3.63) is 76.1 Å². The second-order valence-electron chi connectivity index (χ2n) is 5.46. The number of furan rings is 1. The van der Waals surface area contributed by atoms with Crippen LogP contribution < -0.4 is 10.6 Å². The molecule has 134 valence electrons. The number of hydrogen-bond donors (Lipinski definition) is 2. The first kappa shape index (κ1) is 18.2. The van der Waals surface area contributed by atoms with Crippen LogP contribution >= 0.6 is 23.2 Å². The molecule has 2 heterocycles. The lowest BCUT2D eigenvalue weighted by atomic mass is 10.1. The van der Waals surface area contributed by atoms with Gasteiger partial charge in [-0.2, -0.15) is 0 Å². The largest absolute Gasteiger partial charge is 0.467 e. The molecule has 0 radical (unpaired) electrons. The van der Waals surface area contributed by atoms with Gasteiger partial charge in [-0.3, -0.25) is 4.79 Å². The van der Waals surface area contributed by atoms with Crippen LogP contribution in [0.5, 0.6) is 0 Å². The van der Waals surface area contributed by atoms with E-state index < -0.39 is 0 Å². The quantitative estimate of drug-likeness (QED) is 0.637. The Morgan fingerprint density at radius 1 is 1.15 bits per heavy atom. The van der Waals surface area contributed by atoms with E-state index in [1.165, 1.54) is 12.4 Å². The third-order valence-electron chi connectivity index (χ3n) is 3.60. The summed E-state index contributed by atoms with van der Waals surface area (Å²) in [6.07, 6.45) is 5.21. The molecule has 2 N–H and O–H groups in total. The lowest BCUT2D eigenvalue weighted by Crippen LogP contribution is -2.23. The summed E-state index contributed by atoms with van der Waals surface area (Å²) < 4.78 is 5.16. The fourth-order valence-corrected chi connectivity index (χ4v) is 2.76. The monoisotopic (exact) mass is 390 g/mol. The van der Waals surface area contributed by atoms with Gasteiger partial charge in [0.15, 0.2) is 0 Å². The molecule has 0 aliphatic rings. The molecule has 8 heteroatoms. The summed E-state index contributed by atoms with van der Waals surface area (Å²) in [5, 5.41) is 7.10. The maximum absolute atomic E-state index is 12.0. The molecule has 1 amide bonds. The van der Waals surface area contributed by atoms with Crippen LogP contribution in [0.1, 0.15) is 21.8 Å². The average molecular weight is 391 g/mol. The van der Waals surface area contributed by atoms with Crippen LogP contribution in [0.4, 0.5) is 5.82 Å². The van der Waals surface area contributed by atoms with Gasteiger partial charge in [0.25, 0.3) is 5.91 Å². The predicted molar refractivity (Wildman–Crippen MR) is 101 cm³/mol. The number of nitrogens with one attached hydrogen (secondary N) is 2. The van der Waals surface area contributed by atoms with E-state index in [9.17, 15) is 4.79 Å². The van der Waals surface area contributed by atoms with Gasteiger partial charge < -0.3 is 15.1 Å². The Labute approximate surface area is 160 Å². The van der Waals surface area contributed by atoms with Crippen LogP contribution in [0.3, 0.4) is 0 Å². The van der Waals surface area contributed by atoms with Crippen LogP contribution in [0.25, 0.3) is 0 Å². The molecule has 1 aromatic carbocycles. The van der Waals surface area contributed by atoms with Crippen molar-refractivity contribution in [2.45, 2.75) is 13.0 Å². The molecular formula is C18H16Cl2N4O2. The number of rotatable bonds is 7. The van der Waals surface area contributed by atoms with E-state index in [2.05, 4.69) is 20.6 Å². The van der Waals surface area contributed by atoms with Crippen molar-refractivity contribution in [2.24, 2.45) is 0 Å². The Kier molecular flexibility index (Phi) is 6.09. The van der Waals surface area contributed by atoms with Gasteiger partial charge in [0.1, 0.15) is 17.3 Å². The minimum Gasteiger partial charge on any atom is -0.467 e. The topological polar surface area (TPSA) is 80.0 Å². The van der Waals surface area contributed by atoms with E-state index in [1.54, 1.807) is 30.5 Å². The van der Waals surface area contributed by atoms with Gasteiger partial charge in [0.05, 0.1) is 25.2 Å². The van der Waals surface area contributed by atoms with Gasteiger partial charge in [-0.25, -0.2) is 9.97 Å². The second kappa shape index (κ2) is 8.69. The summed E-state index contributed by atoms with van der Waals surface area (Å²) in [4.78, 5) is 20.3. The molecule has 3 rings (SSSR count). The zero-order valence-electron chi connectivity index (χ0n) is 13.7. The molecule has 2 aromatic heterocycles. The number of carbonyl (C=O) groups is 1. The molecule has 0 atom stereocenters. The summed E-state index contributed by atoms with van der Waals surface area (Å²) in [6, 6.07) is 8.96. The van der Waals surface area contributed by atoms with Crippen molar-refractivity contribution >= 4 is 34.9 Å². The SMILES string of the molecule is O=C(NCc1ccco1)c1cnc(NCCc2ccc(Cl)cc2Cl)cn1. The van der Waals surface area contributed by atoms with Gasteiger partial charge in [-0.1, -0.05) is 29.3 Å². The first-order valence-corrected chi connectivity index (χ1v) is 8.68. The van der Waals surface area contributed by atoms with Gasteiger partial charge >= 0.3 is 0 Å². The highest BCUT2D eigenvalue weighted by atomic mass is 35.5. The first-order chi connectivity index (χ1) is 12.6. The summed E-state index contributed by atoms with van der Waals surface area (Å²) >= 11 is 12.0. The molecule has 0 saturated heterocycles. The number of benzene rings is 1. The van der Waals surface area contributed by atoms with Crippen molar-refractivity contribution < 1.29 is 9.21 Å². The Morgan fingerprint density at radius 2 is 2.04 bits per heavy atom. The number of carbonyl (C=O) groups excluding carboxylic acids is 1. The van der Waals surface area contributed by atoms with Crippen LogP contribution in [0, 0.1) is 0 Å². The number of halogens is 2. The molecule has 0 spiro atoms. The van der Waals surface area contributed by atoms with Crippen molar-refractivity contribution in [2.75, 3.05) is 11.9 Å². The summed E-state index contributed by atoms with van der Waals surface area (Å²) in [5.41, 5.74) is 1.23. The van der Waals surface area contributed by atoms with E-state index in [4.69, 9.17) is 27.6 Å². The highest BCUT2D eigenvalue weighted by Gasteiger charge is 2.08. The van der Waals surface area contributed by atoms with Gasteiger partial charge in [-0.15, -0.1) is 0 Å². The summed E-state index contributed by atoms with van der Waals surface area (Å²) in [5.74, 6) is 0.941. The van der Waals surface area contributed by atoms with Crippen molar-refractivity contribution in [3.8, 4) is 0 Å². The molecule has 26 heavy (non-hydrogen) atoms. The summed E-state index contributed by atoms with van der Waals surface area (Å²) in [7, 11) is 0. The van der Waals surface area contributed by atoms with Crippen LogP contribution in [0.15, 0.2) is 53.4 Å². The van der Waals surface area contributed by atoms with Crippen molar-refractivity contribution in [1.82, 2.24) is 15.3 Å². The lowest BCUT2D eigenvalue weighted by molar-refractivity contribution is 0.0942. The Morgan fingerprint density at radius 3 is 2.73 bits per heavy atom. The highest BCUT2D eigenvalue weighted by molar-refractivity contribution is 6.35. The minimum absolute atomic E-state index is 0.239. The lowest BCUT2D eigenvalue weighted by Gasteiger charge is -2.08. The third kappa shape index (κ3) is 4.97. The van der Waals surface area contributed by atoms with Crippen LogP contribution in [0.2, 0.25) is 10.0 Å². The number of amides is 1. The molecule has 0 bridgehead atoms. The molecule has 0 fully saturated rings. The van der Waals surface area contributed by atoms with E-state index in [-0.39, 0.29) is 11.6 Å². The third-order valence-corrected chi connectivity index (χ3v) is 4.19. The Balaban J connectivity index is 1.48. The second-order valence-corrected chi connectivity index (χ2v) is 6.31. The molecule has 3 aromatic rings. The fourth-order valence-electron chi connectivity index (χ4n) is 2.26. The van der Waals surface area contributed by atoms with E-state index in [1.807, 2.05) is 6.07 Å². The van der Waals surface area contributed by atoms with Crippen molar-refractivity contribution in [1.29, 1.82) is 0 Å². The van der Waals surface area contributed by atoms with Gasteiger partial charge in [-0.05, 0) is 36.2 Å². The average Bonchev–Trinajstić information content (AvgIpc) is 3.16. The Hall–Kier alpha value is -2.57. The standard InChI is InChI=1S/C18H16Cl2N4O2/c19-13-4-3-12(15(20)8-13)5-6-21-17-11-22-16(10-23-17)18(25)24-9-14-2-1-7-26-14/h1-4,7-8,10-11H,5-6,9H2,(H,21,23)(H,24,25). The maximum Gasteiger partial charge on any atom is 0.271 e. The van der Waals surface area contributed by atoms with Crippen LogP contribution in [-0.2, 0) is 13.0 Å². The number of aromatic nitrogens is 2. The molecular weight excluding hydrogens is 375 g/mol. The minimum atomic E-state index is -0.312. The van der Waals surface area contributed by atoms with Crippen molar-refractivity contribution in [3.63, 3.8) is 0 Å². The highest BCUT2D eigenvalue weighted by Crippen LogP contribution is 2.21. The molecule has 0 aliphatic carbocycles. The smallest absolute Gasteiger partial charge is 0.271 e. The predicted octanol–water partition coefficient (Wildman–Crippen LogP) is 3.96. The Bertz CT molecular complexity index is 867.